The van der Waals surface area contributed by atoms with Crippen molar-refractivity contribution in [3.8, 4) is 11.5 Å². The Kier molecular flexibility index (Phi) is 11.1. The summed E-state index contributed by atoms with van der Waals surface area (Å²) in [5.74, 6) is -0.104. The maximum Gasteiger partial charge on any atom is 0.303 e. The van der Waals surface area contributed by atoms with Crippen molar-refractivity contribution in [2.45, 2.75) is 65.1 Å². The number of benzene rings is 2. The van der Waals surface area contributed by atoms with E-state index < -0.39 is 29.6 Å². The summed E-state index contributed by atoms with van der Waals surface area (Å²) in [5, 5.41) is 13.4. The van der Waals surface area contributed by atoms with E-state index in [9.17, 15) is 14.4 Å². The Balaban J connectivity index is 1.76. The van der Waals surface area contributed by atoms with Crippen LogP contribution < -0.4 is 14.4 Å². The molecule has 0 aliphatic carbocycles. The van der Waals surface area contributed by atoms with Crippen molar-refractivity contribution in [3.05, 3.63) is 64.3 Å². The number of unbranched alkanes of at least 4 members (excludes halogenated alkanes) is 1. The fraction of sp³-hybridized carbons (Fsp3) is 0.469. The molecule has 4 rings (SSSR count). The number of fused-ring (bicyclic) bond motifs is 1. The lowest BCUT2D eigenvalue weighted by atomic mass is 9.92. The smallest absolute Gasteiger partial charge is 0.303 e. The molecule has 0 radical (unpaired) electrons. The zero-order valence-electron chi connectivity index (χ0n) is 26.0. The van der Waals surface area contributed by atoms with Crippen LogP contribution in [0.5, 0.6) is 11.5 Å². The highest BCUT2D eigenvalue weighted by Gasteiger charge is 2.41. The molecule has 45 heavy (non-hydrogen) atoms. The molecule has 2 aromatic carbocycles. The van der Waals surface area contributed by atoms with Crippen LogP contribution in [0, 0.1) is 5.41 Å². The predicted octanol–water partition coefficient (Wildman–Crippen LogP) is 5.19. The fourth-order valence-electron chi connectivity index (χ4n) is 5.19. The Morgan fingerprint density at radius 2 is 1.89 bits per heavy atom. The highest BCUT2D eigenvalue weighted by atomic mass is 35.5. The van der Waals surface area contributed by atoms with E-state index in [2.05, 4.69) is 10.1 Å². The average molecular weight is 644 g/mol. The van der Waals surface area contributed by atoms with Crippen LogP contribution in [0.3, 0.4) is 0 Å². The third kappa shape index (κ3) is 8.52. The molecular formula is C32H38ClN3O9. The minimum Gasteiger partial charge on any atom is -0.493 e. The number of carboxylic acid groups (broad SMARTS) is 1. The molecule has 0 saturated carbocycles. The Labute approximate surface area is 266 Å². The van der Waals surface area contributed by atoms with Crippen LogP contribution in [0.25, 0.3) is 0 Å². The molecule has 0 fully saturated rings. The van der Waals surface area contributed by atoms with Crippen LogP contribution in [0.2, 0.25) is 5.02 Å². The first-order valence-corrected chi connectivity index (χ1v) is 14.9. The first-order chi connectivity index (χ1) is 21.4. The van der Waals surface area contributed by atoms with Crippen molar-refractivity contribution < 1.29 is 43.0 Å². The molecule has 12 nitrogen and oxygen atoms in total. The first kappa shape index (κ1) is 33.7. The van der Waals surface area contributed by atoms with Gasteiger partial charge in [0.15, 0.2) is 17.3 Å². The molecule has 0 unspecified atom stereocenters. The number of carbonyl (C=O) groups is 3. The molecule has 1 amide bonds. The number of carboxylic acids is 1. The number of methoxy groups -OCH3 is 2. The van der Waals surface area contributed by atoms with Gasteiger partial charge in [-0.2, -0.15) is 4.98 Å². The fourth-order valence-corrected chi connectivity index (χ4v) is 5.37. The largest absolute Gasteiger partial charge is 0.493 e. The van der Waals surface area contributed by atoms with Crippen LogP contribution in [-0.4, -0.2) is 66.6 Å². The number of carbonyl (C=O) groups excluding carboxylic acids is 2. The number of para-hydroxylation sites is 1. The number of rotatable bonds is 14. The number of hydrogen-bond donors (Lipinski definition) is 1. The van der Waals surface area contributed by atoms with Crippen LogP contribution in [0.4, 0.5) is 5.69 Å². The van der Waals surface area contributed by atoms with Gasteiger partial charge in [0.2, 0.25) is 5.89 Å². The van der Waals surface area contributed by atoms with Crippen LogP contribution in [0.15, 0.2) is 40.9 Å². The molecule has 242 valence electrons. The summed E-state index contributed by atoms with van der Waals surface area (Å²) in [6.07, 6.45) is -0.409. The third-order valence-electron chi connectivity index (χ3n) is 7.28. The quantitative estimate of drug-likeness (QED) is 0.182. The van der Waals surface area contributed by atoms with Crippen molar-refractivity contribution in [2.24, 2.45) is 5.41 Å². The van der Waals surface area contributed by atoms with Crippen molar-refractivity contribution in [1.82, 2.24) is 10.1 Å². The van der Waals surface area contributed by atoms with E-state index in [1.165, 1.54) is 21.1 Å². The normalized spacial score (nSPS) is 16.6. The summed E-state index contributed by atoms with van der Waals surface area (Å²) in [4.78, 5) is 42.9. The Bertz CT molecular complexity index is 1520. The number of nitrogens with zero attached hydrogens (tertiary/aromatic N) is 3. The van der Waals surface area contributed by atoms with E-state index in [4.69, 9.17) is 40.2 Å². The van der Waals surface area contributed by atoms with Gasteiger partial charge < -0.3 is 33.5 Å². The van der Waals surface area contributed by atoms with Crippen molar-refractivity contribution in [2.75, 3.05) is 32.3 Å². The number of anilines is 1. The van der Waals surface area contributed by atoms with Crippen LogP contribution >= 0.6 is 11.6 Å². The zero-order valence-corrected chi connectivity index (χ0v) is 26.8. The average Bonchev–Trinajstić information content (AvgIpc) is 3.41. The molecule has 1 aliphatic rings. The number of amides is 1. The van der Waals surface area contributed by atoms with Gasteiger partial charge in [-0.1, -0.05) is 42.7 Å². The maximum absolute atomic E-state index is 14.4. The summed E-state index contributed by atoms with van der Waals surface area (Å²) >= 11 is 6.52. The summed E-state index contributed by atoms with van der Waals surface area (Å²) in [5.41, 5.74) is 1.18. The topological polar surface area (TPSA) is 151 Å². The lowest BCUT2D eigenvalue weighted by molar-refractivity contribution is -0.144. The highest BCUT2D eigenvalue weighted by molar-refractivity contribution is 6.30. The lowest BCUT2D eigenvalue weighted by Gasteiger charge is -2.33. The minimum atomic E-state index is -1.07. The maximum atomic E-state index is 14.4. The molecule has 3 aromatic rings. The number of hydrogen-bond acceptors (Lipinski definition) is 10. The van der Waals surface area contributed by atoms with Gasteiger partial charge in [0, 0.05) is 60.0 Å². The molecule has 1 aromatic heterocycles. The molecule has 0 saturated heterocycles. The van der Waals surface area contributed by atoms with Crippen molar-refractivity contribution in [3.63, 3.8) is 0 Å². The van der Waals surface area contributed by atoms with Crippen LogP contribution in [0.1, 0.15) is 69.0 Å². The Hall–Kier alpha value is -4.16. The highest BCUT2D eigenvalue weighted by Crippen LogP contribution is 2.45. The van der Waals surface area contributed by atoms with Gasteiger partial charge in [-0.05, 0) is 37.1 Å². The molecule has 1 N–H and O–H groups in total. The predicted molar refractivity (Wildman–Crippen MR) is 164 cm³/mol. The van der Waals surface area contributed by atoms with E-state index in [0.29, 0.717) is 58.5 Å². The van der Waals surface area contributed by atoms with Crippen molar-refractivity contribution >= 4 is 35.1 Å². The number of esters is 1. The van der Waals surface area contributed by atoms with Gasteiger partial charge in [-0.15, -0.1) is 0 Å². The second kappa shape index (κ2) is 14.7. The zero-order chi connectivity index (χ0) is 32.7. The van der Waals surface area contributed by atoms with E-state index in [0.717, 1.165) is 0 Å². The van der Waals surface area contributed by atoms with E-state index >= 15 is 0 Å². The first-order valence-electron chi connectivity index (χ1n) is 14.6. The van der Waals surface area contributed by atoms with Crippen LogP contribution in [-0.2, 0) is 36.7 Å². The monoisotopic (exact) mass is 643 g/mol. The number of aryl methyl sites for hydroxylation is 1. The van der Waals surface area contributed by atoms with Gasteiger partial charge >= 0.3 is 11.9 Å². The molecule has 0 spiro atoms. The number of halogens is 1. The van der Waals surface area contributed by atoms with Gasteiger partial charge in [-0.25, -0.2) is 0 Å². The molecular weight excluding hydrogens is 606 g/mol. The molecule has 2 atom stereocenters. The SMILES string of the molecule is COc1cccc([C@H]2O[C@H](Cc3noc(CCCCC(=O)O)n3)C(=O)N(CC(C)(C)COC(C)=O)c3ccc(Cl)cc32)c1OC. The van der Waals surface area contributed by atoms with Gasteiger partial charge in [-0.3, -0.25) is 14.4 Å². The third-order valence-corrected chi connectivity index (χ3v) is 7.52. The number of ether oxygens (including phenoxy) is 4. The van der Waals surface area contributed by atoms with E-state index in [1.54, 1.807) is 29.2 Å². The molecule has 13 heteroatoms. The molecule has 1 aliphatic heterocycles. The van der Waals surface area contributed by atoms with E-state index in [-0.39, 0.29) is 37.7 Å². The summed E-state index contributed by atoms with van der Waals surface area (Å²) in [7, 11) is 3.07. The Morgan fingerprint density at radius 1 is 1.11 bits per heavy atom. The number of aliphatic carboxylic acids is 1. The van der Waals surface area contributed by atoms with E-state index in [1.807, 2.05) is 26.0 Å². The van der Waals surface area contributed by atoms with Crippen molar-refractivity contribution in [1.29, 1.82) is 0 Å². The second-order valence-corrected chi connectivity index (χ2v) is 12.0. The second-order valence-electron chi connectivity index (χ2n) is 11.6. The summed E-state index contributed by atoms with van der Waals surface area (Å²) in [6.45, 7) is 5.42. The molecule has 2 heterocycles. The summed E-state index contributed by atoms with van der Waals surface area (Å²) in [6, 6.07) is 10.6. The Morgan fingerprint density at radius 3 is 2.58 bits per heavy atom. The minimum absolute atomic E-state index is 0.0111. The van der Waals surface area contributed by atoms with Gasteiger partial charge in [0.25, 0.3) is 5.91 Å². The lowest BCUT2D eigenvalue weighted by Crippen LogP contribution is -2.46. The standard InChI is InChI=1S/C32H38ClN3O9/c1-19(37)43-18-32(2,3)17-36-23-14-13-20(33)15-22(23)29(21-9-8-10-24(41-4)30(21)42-5)44-25(31(36)40)16-26-34-27(45-35-26)11-6-7-12-28(38)39/h8-10,13-15,25,29H,6-7,11-12,16-18H2,1-5H3,(H,38,39)/t25-,29-/m1/s1. The van der Waals surface area contributed by atoms with Gasteiger partial charge in [0.05, 0.1) is 20.8 Å². The number of aromatic nitrogens is 2. The molecule has 0 bridgehead atoms. The van der Waals surface area contributed by atoms with Gasteiger partial charge in [0.1, 0.15) is 12.2 Å². The summed E-state index contributed by atoms with van der Waals surface area (Å²) < 4.78 is 28.7.